The van der Waals surface area contributed by atoms with Gasteiger partial charge < -0.3 is 4.90 Å². The fourth-order valence-electron chi connectivity index (χ4n) is 1.90. The summed E-state index contributed by atoms with van der Waals surface area (Å²) in [5, 5.41) is 0. The minimum absolute atomic E-state index is 0.842. The van der Waals surface area contributed by atoms with Crippen LogP contribution in [0, 0.1) is 0 Å². The van der Waals surface area contributed by atoms with E-state index >= 15 is 0 Å². The smallest absolute Gasteiger partial charge is 0.0223 e. The molecule has 112 valence electrons. The second kappa shape index (κ2) is 19.6. The van der Waals surface area contributed by atoms with Gasteiger partial charge in [-0.2, -0.15) is 0 Å². The molecule has 0 aliphatic carbocycles. The van der Waals surface area contributed by atoms with E-state index in [1.54, 1.807) is 0 Å². The Hall–Kier alpha value is 0.250. The molecule has 0 atom stereocenters. The van der Waals surface area contributed by atoms with Crippen LogP contribution in [-0.2, 0) is 0 Å². The Morgan fingerprint density at radius 3 is 1.28 bits per heavy atom. The van der Waals surface area contributed by atoms with Crippen molar-refractivity contribution in [2.75, 3.05) is 25.5 Å². The van der Waals surface area contributed by atoms with Crippen molar-refractivity contribution >= 4 is 11.6 Å². The topological polar surface area (TPSA) is 3.24 Å². The first-order valence-corrected chi connectivity index (χ1v) is 8.58. The van der Waals surface area contributed by atoms with Crippen LogP contribution in [0.25, 0.3) is 0 Å². The molecule has 0 amide bonds. The predicted octanol–water partition coefficient (Wildman–Crippen LogP) is 5.71. The molecule has 0 saturated carbocycles. The zero-order valence-corrected chi connectivity index (χ0v) is 14.1. The van der Waals surface area contributed by atoms with Crippen molar-refractivity contribution < 1.29 is 0 Å². The summed E-state index contributed by atoms with van der Waals surface area (Å²) in [6.45, 7) is 12.4. The number of hydrogen-bond donors (Lipinski definition) is 0. The van der Waals surface area contributed by atoms with Crippen molar-refractivity contribution in [3.8, 4) is 0 Å². The highest BCUT2D eigenvalue weighted by molar-refractivity contribution is 6.17. The van der Waals surface area contributed by atoms with Crippen LogP contribution in [-0.4, -0.2) is 30.4 Å². The average Bonchev–Trinajstić information content (AvgIpc) is 2.41. The van der Waals surface area contributed by atoms with Crippen LogP contribution in [0.5, 0.6) is 0 Å². The average molecular weight is 278 g/mol. The monoisotopic (exact) mass is 277 g/mol. The van der Waals surface area contributed by atoms with Crippen molar-refractivity contribution in [3.05, 3.63) is 0 Å². The number of hydrogen-bond acceptors (Lipinski definition) is 1. The second-order valence-corrected chi connectivity index (χ2v) is 5.16. The molecule has 0 aromatic carbocycles. The van der Waals surface area contributed by atoms with Crippen molar-refractivity contribution in [2.45, 2.75) is 79.1 Å². The van der Waals surface area contributed by atoms with E-state index in [1.165, 1.54) is 71.0 Å². The Morgan fingerprint density at radius 1 is 0.611 bits per heavy atom. The van der Waals surface area contributed by atoms with Gasteiger partial charge in [0.25, 0.3) is 0 Å². The molecule has 0 rings (SSSR count). The molecule has 0 aliphatic heterocycles. The maximum Gasteiger partial charge on any atom is 0.0223 e. The lowest BCUT2D eigenvalue weighted by atomic mass is 10.1. The minimum atomic E-state index is 0.842. The molecular formula is C16H36ClN. The number of halogens is 1. The van der Waals surface area contributed by atoms with Gasteiger partial charge in [-0.15, -0.1) is 11.6 Å². The Balaban J connectivity index is 0. The molecular weight excluding hydrogens is 242 g/mol. The van der Waals surface area contributed by atoms with E-state index in [0.717, 1.165) is 5.88 Å². The third-order valence-corrected chi connectivity index (χ3v) is 3.60. The lowest BCUT2D eigenvalue weighted by Gasteiger charge is -2.13. The zero-order chi connectivity index (χ0) is 14.1. The first kappa shape index (κ1) is 20.6. The Bertz CT molecular complexity index is 111. The van der Waals surface area contributed by atoms with Gasteiger partial charge >= 0.3 is 0 Å². The van der Waals surface area contributed by atoms with Crippen LogP contribution in [0.15, 0.2) is 0 Å². The summed E-state index contributed by atoms with van der Waals surface area (Å²) < 4.78 is 0. The Kier molecular flexibility index (Phi) is 22.4. The molecule has 0 radical (unpaired) electrons. The fraction of sp³-hybridized carbons (Fsp3) is 1.00. The highest BCUT2D eigenvalue weighted by atomic mass is 35.5. The van der Waals surface area contributed by atoms with Gasteiger partial charge in [-0.25, -0.2) is 0 Å². The first-order chi connectivity index (χ1) is 8.76. The maximum atomic E-state index is 5.56. The molecule has 0 N–H and O–H groups in total. The molecule has 0 aromatic heterocycles. The summed E-state index contributed by atoms with van der Waals surface area (Å²) in [5.74, 6) is 0.842. The predicted molar refractivity (Wildman–Crippen MR) is 86.8 cm³/mol. The van der Waals surface area contributed by atoms with Gasteiger partial charge in [0.15, 0.2) is 0 Å². The highest BCUT2D eigenvalue weighted by Crippen LogP contribution is 2.08. The first-order valence-electron chi connectivity index (χ1n) is 8.04. The number of alkyl halides is 1. The fourth-order valence-corrected chi connectivity index (χ4v) is 2.09. The second-order valence-electron chi connectivity index (χ2n) is 4.78. The van der Waals surface area contributed by atoms with Gasteiger partial charge in [0.05, 0.1) is 0 Å². The molecule has 0 aliphatic rings. The SMILES string of the molecule is CCCCCCCCCCCl.CCN(CC)CC. The summed E-state index contributed by atoms with van der Waals surface area (Å²) in [6, 6.07) is 0. The van der Waals surface area contributed by atoms with Gasteiger partial charge in [0, 0.05) is 5.88 Å². The van der Waals surface area contributed by atoms with Gasteiger partial charge in [-0.05, 0) is 26.1 Å². The van der Waals surface area contributed by atoms with Crippen molar-refractivity contribution in [2.24, 2.45) is 0 Å². The standard InChI is InChI=1S/C10H21Cl.C6H15N/c1-2-3-4-5-6-7-8-9-10-11;1-4-7(5-2)6-3/h2-10H2,1H3;4-6H2,1-3H3. The number of rotatable bonds is 11. The minimum Gasteiger partial charge on any atom is -0.304 e. The normalized spacial score (nSPS) is 10.3. The summed E-state index contributed by atoms with van der Waals surface area (Å²) in [5.41, 5.74) is 0. The summed E-state index contributed by atoms with van der Waals surface area (Å²) >= 11 is 5.56. The van der Waals surface area contributed by atoms with Gasteiger partial charge in [0.1, 0.15) is 0 Å². The number of unbranched alkanes of at least 4 members (excludes halogenated alkanes) is 7. The number of nitrogens with zero attached hydrogens (tertiary/aromatic N) is 1. The quantitative estimate of drug-likeness (QED) is 0.345. The third kappa shape index (κ3) is 18.6. The molecule has 0 heterocycles. The molecule has 0 fully saturated rings. The van der Waals surface area contributed by atoms with Gasteiger partial charge in [-0.3, -0.25) is 0 Å². The van der Waals surface area contributed by atoms with E-state index in [4.69, 9.17) is 11.6 Å². The van der Waals surface area contributed by atoms with E-state index in [-0.39, 0.29) is 0 Å². The van der Waals surface area contributed by atoms with Crippen LogP contribution < -0.4 is 0 Å². The van der Waals surface area contributed by atoms with Gasteiger partial charge in [0.2, 0.25) is 0 Å². The Labute approximate surface area is 121 Å². The molecule has 0 unspecified atom stereocenters. The third-order valence-electron chi connectivity index (χ3n) is 3.33. The van der Waals surface area contributed by atoms with E-state index in [0.29, 0.717) is 0 Å². The van der Waals surface area contributed by atoms with Crippen molar-refractivity contribution in [1.82, 2.24) is 4.90 Å². The highest BCUT2D eigenvalue weighted by Gasteiger charge is 1.90. The van der Waals surface area contributed by atoms with Crippen LogP contribution in [0.2, 0.25) is 0 Å². The summed E-state index contributed by atoms with van der Waals surface area (Å²) in [6.07, 6.45) is 10.9. The molecule has 0 spiro atoms. The lowest BCUT2D eigenvalue weighted by Crippen LogP contribution is -2.21. The molecule has 18 heavy (non-hydrogen) atoms. The Morgan fingerprint density at radius 2 is 1.00 bits per heavy atom. The molecule has 2 heteroatoms. The van der Waals surface area contributed by atoms with Crippen molar-refractivity contribution in [1.29, 1.82) is 0 Å². The van der Waals surface area contributed by atoms with E-state index < -0.39 is 0 Å². The lowest BCUT2D eigenvalue weighted by molar-refractivity contribution is 0.321. The molecule has 1 nitrogen and oxygen atoms in total. The van der Waals surface area contributed by atoms with Gasteiger partial charge in [-0.1, -0.05) is 72.6 Å². The van der Waals surface area contributed by atoms with E-state index in [2.05, 4.69) is 32.6 Å². The van der Waals surface area contributed by atoms with Crippen LogP contribution in [0.1, 0.15) is 79.1 Å². The zero-order valence-electron chi connectivity index (χ0n) is 13.3. The largest absolute Gasteiger partial charge is 0.304 e. The maximum absolute atomic E-state index is 5.56. The van der Waals surface area contributed by atoms with E-state index in [1.807, 2.05) is 0 Å². The van der Waals surface area contributed by atoms with Crippen molar-refractivity contribution in [3.63, 3.8) is 0 Å². The van der Waals surface area contributed by atoms with Crippen LogP contribution >= 0.6 is 11.6 Å². The van der Waals surface area contributed by atoms with Crippen LogP contribution in [0.3, 0.4) is 0 Å². The van der Waals surface area contributed by atoms with E-state index in [9.17, 15) is 0 Å². The molecule has 0 aromatic rings. The summed E-state index contributed by atoms with van der Waals surface area (Å²) in [7, 11) is 0. The molecule has 0 bridgehead atoms. The van der Waals surface area contributed by atoms with Crippen LogP contribution in [0.4, 0.5) is 0 Å². The summed E-state index contributed by atoms with van der Waals surface area (Å²) in [4.78, 5) is 2.38. The molecule has 0 saturated heterocycles.